The lowest BCUT2D eigenvalue weighted by atomic mass is 9.93. The summed E-state index contributed by atoms with van der Waals surface area (Å²) in [6.45, 7) is 10.6. The second-order valence-corrected chi connectivity index (χ2v) is 5.04. The largest absolute Gasteiger partial charge is 0.395 e. The monoisotopic (exact) mass is 267 g/mol. The fourth-order valence-corrected chi connectivity index (χ4v) is 2.39. The quantitative estimate of drug-likeness (QED) is 0.908. The van der Waals surface area contributed by atoms with E-state index in [-0.39, 0.29) is 12.4 Å². The summed E-state index contributed by atoms with van der Waals surface area (Å²) in [6, 6.07) is 3.79. The van der Waals surface area contributed by atoms with Crippen molar-refractivity contribution in [2.75, 3.05) is 19.7 Å². The van der Waals surface area contributed by atoms with Crippen molar-refractivity contribution in [3.63, 3.8) is 0 Å². The number of hydrogen-bond acceptors (Lipinski definition) is 2. The first kappa shape index (κ1) is 16.1. The average molecular weight is 267 g/mol. The molecule has 0 fully saturated rings. The average Bonchev–Trinajstić information content (AvgIpc) is 2.41. The Labute approximate surface area is 116 Å². The van der Waals surface area contributed by atoms with Crippen LogP contribution in [0, 0.1) is 5.82 Å². The van der Waals surface area contributed by atoms with Crippen LogP contribution in [-0.4, -0.2) is 29.7 Å². The first-order valence-electron chi connectivity index (χ1n) is 7.26. The molecule has 2 nitrogen and oxygen atoms in total. The lowest BCUT2D eigenvalue weighted by molar-refractivity contribution is 0.183. The van der Waals surface area contributed by atoms with E-state index in [4.69, 9.17) is 5.11 Å². The van der Waals surface area contributed by atoms with E-state index < -0.39 is 0 Å². The molecule has 0 spiro atoms. The van der Waals surface area contributed by atoms with E-state index in [0.29, 0.717) is 12.5 Å². The van der Waals surface area contributed by atoms with Crippen LogP contribution in [0.5, 0.6) is 0 Å². The van der Waals surface area contributed by atoms with Crippen molar-refractivity contribution < 1.29 is 9.50 Å². The third-order valence-electron chi connectivity index (χ3n) is 3.47. The number of fused-ring (bicyclic) bond motifs is 1. The molecule has 19 heavy (non-hydrogen) atoms. The molecule has 108 valence electrons. The van der Waals surface area contributed by atoms with Crippen molar-refractivity contribution >= 4 is 0 Å². The Morgan fingerprint density at radius 2 is 2.00 bits per heavy atom. The van der Waals surface area contributed by atoms with Crippen molar-refractivity contribution in [3.8, 4) is 0 Å². The highest BCUT2D eigenvalue weighted by atomic mass is 19.1. The summed E-state index contributed by atoms with van der Waals surface area (Å²) in [5.41, 5.74) is 3.02. The van der Waals surface area contributed by atoms with Gasteiger partial charge in [-0.25, -0.2) is 4.39 Å². The maximum Gasteiger partial charge on any atom is 0.127 e. The van der Waals surface area contributed by atoms with Gasteiger partial charge in [-0.05, 0) is 35.1 Å². The number of hydrogen-bond donors (Lipinski definition) is 1. The number of nitrogens with zero attached hydrogens (tertiary/aromatic N) is 1. The minimum atomic E-state index is -0.0603. The molecule has 0 saturated heterocycles. The van der Waals surface area contributed by atoms with Gasteiger partial charge < -0.3 is 5.11 Å². The second kappa shape index (κ2) is 7.61. The lowest BCUT2D eigenvalue weighted by Gasteiger charge is -2.29. The smallest absolute Gasteiger partial charge is 0.127 e. The molecule has 0 aliphatic carbocycles. The molecule has 0 radical (unpaired) electrons. The molecule has 1 aliphatic heterocycles. The highest BCUT2D eigenvalue weighted by Crippen LogP contribution is 2.26. The van der Waals surface area contributed by atoms with Crippen LogP contribution in [0.1, 0.15) is 50.3 Å². The zero-order chi connectivity index (χ0) is 14.4. The normalized spacial score (nSPS) is 14.9. The fourth-order valence-electron chi connectivity index (χ4n) is 2.39. The van der Waals surface area contributed by atoms with Crippen LogP contribution in [0.4, 0.5) is 4.39 Å². The first-order valence-corrected chi connectivity index (χ1v) is 7.26. The lowest BCUT2D eigenvalue weighted by Crippen LogP contribution is -2.33. The van der Waals surface area contributed by atoms with Gasteiger partial charge in [-0.1, -0.05) is 33.8 Å². The van der Waals surface area contributed by atoms with Gasteiger partial charge in [-0.15, -0.1) is 0 Å². The van der Waals surface area contributed by atoms with E-state index in [1.165, 1.54) is 0 Å². The summed E-state index contributed by atoms with van der Waals surface area (Å²) in [5.74, 6) is 0.290. The van der Waals surface area contributed by atoms with Crippen LogP contribution in [-0.2, 0) is 13.0 Å². The number of rotatable bonds is 3. The Balaban J connectivity index is 0.000000861. The van der Waals surface area contributed by atoms with Gasteiger partial charge in [-0.2, -0.15) is 0 Å². The zero-order valence-electron chi connectivity index (χ0n) is 12.5. The van der Waals surface area contributed by atoms with Gasteiger partial charge in [0, 0.05) is 19.6 Å². The molecule has 3 heteroatoms. The van der Waals surface area contributed by atoms with E-state index in [1.54, 1.807) is 6.07 Å². The van der Waals surface area contributed by atoms with Gasteiger partial charge >= 0.3 is 0 Å². The maximum absolute atomic E-state index is 13.9. The molecule has 0 atom stereocenters. The van der Waals surface area contributed by atoms with E-state index in [2.05, 4.69) is 24.8 Å². The molecule has 1 aromatic rings. The second-order valence-electron chi connectivity index (χ2n) is 5.04. The third kappa shape index (κ3) is 4.02. The standard InChI is InChI=1S/C14H20FNO.C2H6/c1-10(2)11-7-12-9-16(5-6-17)4-3-13(12)14(15)8-11;1-2/h7-8,10,17H,3-6,9H2,1-2H3;1-2H3. The summed E-state index contributed by atoms with van der Waals surface area (Å²) in [7, 11) is 0. The minimum Gasteiger partial charge on any atom is -0.395 e. The Hall–Kier alpha value is -0.930. The fraction of sp³-hybridized carbons (Fsp3) is 0.625. The highest BCUT2D eigenvalue weighted by molar-refractivity contribution is 5.36. The van der Waals surface area contributed by atoms with Crippen molar-refractivity contribution in [1.82, 2.24) is 4.90 Å². The van der Waals surface area contributed by atoms with Crippen LogP contribution in [0.3, 0.4) is 0 Å². The molecule has 2 rings (SSSR count). The molecular formula is C16H26FNO. The van der Waals surface area contributed by atoms with E-state index in [0.717, 1.165) is 36.2 Å². The van der Waals surface area contributed by atoms with Gasteiger partial charge in [0.15, 0.2) is 0 Å². The minimum absolute atomic E-state index is 0.0603. The van der Waals surface area contributed by atoms with Crippen LogP contribution in [0.25, 0.3) is 0 Å². The summed E-state index contributed by atoms with van der Waals surface area (Å²) < 4.78 is 13.9. The summed E-state index contributed by atoms with van der Waals surface area (Å²) >= 11 is 0. The van der Waals surface area contributed by atoms with Gasteiger partial charge in [0.25, 0.3) is 0 Å². The molecule has 1 heterocycles. The van der Waals surface area contributed by atoms with Crippen molar-refractivity contribution in [3.05, 3.63) is 34.6 Å². The van der Waals surface area contributed by atoms with Crippen molar-refractivity contribution in [2.45, 2.75) is 46.6 Å². The van der Waals surface area contributed by atoms with Crippen LogP contribution >= 0.6 is 0 Å². The number of aliphatic hydroxyl groups excluding tert-OH is 1. The summed E-state index contributed by atoms with van der Waals surface area (Å²) in [6.07, 6.45) is 0.750. The number of halogens is 1. The van der Waals surface area contributed by atoms with E-state index >= 15 is 0 Å². The maximum atomic E-state index is 13.9. The number of β-amino-alcohol motifs (C(OH)–C–C–N with tert-alkyl or cyclic N) is 1. The molecule has 0 bridgehead atoms. The molecule has 1 N–H and O–H groups in total. The van der Waals surface area contributed by atoms with E-state index in [1.807, 2.05) is 13.8 Å². The first-order chi connectivity index (χ1) is 9.11. The van der Waals surface area contributed by atoms with E-state index in [9.17, 15) is 4.39 Å². The van der Waals surface area contributed by atoms with Gasteiger partial charge in [0.05, 0.1) is 6.61 Å². The SMILES string of the molecule is CC.CC(C)c1cc(F)c2c(c1)CN(CCO)CC2. The molecule has 1 aliphatic rings. The van der Waals surface area contributed by atoms with Crippen LogP contribution < -0.4 is 0 Å². The topological polar surface area (TPSA) is 23.5 Å². The third-order valence-corrected chi connectivity index (χ3v) is 3.47. The van der Waals surface area contributed by atoms with Gasteiger partial charge in [0.1, 0.15) is 5.82 Å². The van der Waals surface area contributed by atoms with Crippen LogP contribution in [0.2, 0.25) is 0 Å². The Morgan fingerprint density at radius 1 is 1.32 bits per heavy atom. The van der Waals surface area contributed by atoms with Gasteiger partial charge in [0.2, 0.25) is 0 Å². The summed E-state index contributed by atoms with van der Waals surface area (Å²) in [4.78, 5) is 2.17. The number of benzene rings is 1. The molecule has 0 amide bonds. The zero-order valence-corrected chi connectivity index (χ0v) is 12.5. The Bertz CT molecular complexity index is 404. The number of aliphatic hydroxyl groups is 1. The predicted molar refractivity (Wildman–Crippen MR) is 77.9 cm³/mol. The van der Waals surface area contributed by atoms with Crippen molar-refractivity contribution in [1.29, 1.82) is 0 Å². The molecule has 0 unspecified atom stereocenters. The van der Waals surface area contributed by atoms with Crippen molar-refractivity contribution in [2.24, 2.45) is 0 Å². The Morgan fingerprint density at radius 3 is 2.58 bits per heavy atom. The summed E-state index contributed by atoms with van der Waals surface area (Å²) in [5, 5.41) is 8.95. The molecule has 1 aromatic carbocycles. The molecule has 0 saturated carbocycles. The molecule has 0 aromatic heterocycles. The Kier molecular flexibility index (Phi) is 6.46. The highest BCUT2D eigenvalue weighted by Gasteiger charge is 2.20. The predicted octanol–water partition coefficient (Wildman–Crippen LogP) is 3.33. The van der Waals surface area contributed by atoms with Gasteiger partial charge in [-0.3, -0.25) is 4.90 Å². The van der Waals surface area contributed by atoms with Crippen LogP contribution in [0.15, 0.2) is 12.1 Å². The molecular weight excluding hydrogens is 241 g/mol.